The molecule has 20 heavy (non-hydrogen) atoms. The Morgan fingerprint density at radius 1 is 1.05 bits per heavy atom. The summed E-state index contributed by atoms with van der Waals surface area (Å²) in [6.07, 6.45) is 1.77. The second-order valence-electron chi connectivity index (χ2n) is 4.39. The molecule has 0 spiro atoms. The van der Waals surface area contributed by atoms with Crippen molar-refractivity contribution in [3.63, 3.8) is 0 Å². The van der Waals surface area contributed by atoms with E-state index < -0.39 is 0 Å². The molecule has 0 aliphatic heterocycles. The van der Waals surface area contributed by atoms with Crippen molar-refractivity contribution in [3.05, 3.63) is 51.7 Å². The topological polar surface area (TPSA) is 38.7 Å². The van der Waals surface area contributed by atoms with E-state index in [-0.39, 0.29) is 0 Å². The van der Waals surface area contributed by atoms with Crippen LogP contribution in [-0.4, -0.2) is 15.0 Å². The molecule has 0 saturated carbocycles. The Morgan fingerprint density at radius 2 is 1.85 bits per heavy atom. The van der Waals surface area contributed by atoms with E-state index in [1.165, 1.54) is 4.88 Å². The quantitative estimate of drug-likeness (QED) is 0.678. The number of aromatic nitrogens is 3. The molecule has 0 amide bonds. The van der Waals surface area contributed by atoms with Crippen molar-refractivity contribution < 1.29 is 0 Å². The summed E-state index contributed by atoms with van der Waals surface area (Å²) in [6, 6.07) is 10.0. The van der Waals surface area contributed by atoms with E-state index in [0.717, 1.165) is 32.3 Å². The van der Waals surface area contributed by atoms with Crippen molar-refractivity contribution in [2.75, 3.05) is 0 Å². The highest BCUT2D eigenvalue weighted by Gasteiger charge is 2.14. The number of hydrogen-bond donors (Lipinski definition) is 0. The number of thiazole rings is 1. The minimum absolute atomic E-state index is 0.762. The Hall–Kier alpha value is -1.59. The first-order valence-electron chi connectivity index (χ1n) is 6.17. The van der Waals surface area contributed by atoms with E-state index in [1.807, 2.05) is 31.2 Å². The molecule has 0 radical (unpaired) electrons. The van der Waals surface area contributed by atoms with Crippen LogP contribution in [0.25, 0.3) is 22.0 Å². The van der Waals surface area contributed by atoms with Crippen LogP contribution < -0.4 is 0 Å². The summed E-state index contributed by atoms with van der Waals surface area (Å²) in [5.74, 6) is 0.762. The second kappa shape index (κ2) is 5.42. The predicted octanol–water partition coefficient (Wildman–Crippen LogP) is 4.65. The number of hydrogen-bond acceptors (Lipinski definition) is 4. The minimum Gasteiger partial charge on any atom is -0.242 e. The summed E-state index contributed by atoms with van der Waals surface area (Å²) >= 11 is 5.24. The highest BCUT2D eigenvalue weighted by atomic mass is 79.9. The van der Waals surface area contributed by atoms with Gasteiger partial charge in [0.05, 0.1) is 5.69 Å². The van der Waals surface area contributed by atoms with E-state index in [2.05, 4.69) is 38.9 Å². The van der Waals surface area contributed by atoms with E-state index in [1.54, 1.807) is 17.5 Å². The smallest absolute Gasteiger partial charge is 0.142 e. The molecule has 0 fully saturated rings. The summed E-state index contributed by atoms with van der Waals surface area (Å²) in [6.45, 7) is 3.97. The van der Waals surface area contributed by atoms with Gasteiger partial charge in [-0.2, -0.15) is 0 Å². The summed E-state index contributed by atoms with van der Waals surface area (Å²) in [5, 5.41) is 0.929. The zero-order valence-corrected chi connectivity index (χ0v) is 13.5. The minimum atomic E-state index is 0.762. The van der Waals surface area contributed by atoms with E-state index in [9.17, 15) is 0 Å². The number of halogens is 1. The molecule has 100 valence electrons. The van der Waals surface area contributed by atoms with Gasteiger partial charge in [0.25, 0.3) is 0 Å². The molecule has 2 aromatic heterocycles. The predicted molar refractivity (Wildman–Crippen MR) is 85.8 cm³/mol. The second-order valence-corrected chi connectivity index (χ2v) is 6.45. The fraction of sp³-hybridized carbons (Fsp3) is 0.133. The van der Waals surface area contributed by atoms with Crippen LogP contribution in [0.4, 0.5) is 0 Å². The zero-order valence-electron chi connectivity index (χ0n) is 11.1. The van der Waals surface area contributed by atoms with Gasteiger partial charge in [-0.15, -0.1) is 11.3 Å². The lowest BCUT2D eigenvalue weighted by Crippen LogP contribution is -1.89. The van der Waals surface area contributed by atoms with Crippen molar-refractivity contribution in [2.45, 2.75) is 13.8 Å². The van der Waals surface area contributed by atoms with Crippen LogP contribution in [0, 0.1) is 13.8 Å². The maximum Gasteiger partial charge on any atom is 0.142 e. The molecule has 0 N–H and O–H groups in total. The first-order valence-corrected chi connectivity index (χ1v) is 7.78. The van der Waals surface area contributed by atoms with Gasteiger partial charge < -0.3 is 0 Å². The lowest BCUT2D eigenvalue weighted by molar-refractivity contribution is 1.06. The summed E-state index contributed by atoms with van der Waals surface area (Å²) in [5.41, 5.74) is 3.00. The molecule has 1 aromatic carbocycles. The van der Waals surface area contributed by atoms with Gasteiger partial charge in [-0.3, -0.25) is 0 Å². The van der Waals surface area contributed by atoms with Gasteiger partial charge in [0, 0.05) is 21.1 Å². The molecule has 0 bridgehead atoms. The number of rotatable bonds is 2. The first-order chi connectivity index (χ1) is 9.65. The van der Waals surface area contributed by atoms with Gasteiger partial charge in [0.1, 0.15) is 16.5 Å². The van der Waals surface area contributed by atoms with E-state index in [4.69, 9.17) is 4.98 Å². The van der Waals surface area contributed by atoms with Crippen molar-refractivity contribution in [3.8, 4) is 22.0 Å². The SMILES string of the molecule is Cc1nccc(-c2nc(-c3ccccc3Br)c(C)s2)n1. The molecule has 2 heterocycles. The first kappa shape index (κ1) is 13.4. The van der Waals surface area contributed by atoms with Crippen LogP contribution in [-0.2, 0) is 0 Å². The van der Waals surface area contributed by atoms with Gasteiger partial charge in [0.2, 0.25) is 0 Å². The third kappa shape index (κ3) is 2.51. The Bertz CT molecular complexity index is 767. The van der Waals surface area contributed by atoms with Gasteiger partial charge in [-0.05, 0) is 26.0 Å². The molecule has 0 unspecified atom stereocenters. The molecule has 0 aliphatic carbocycles. The average molecular weight is 346 g/mol. The molecule has 3 rings (SSSR count). The van der Waals surface area contributed by atoms with Crippen molar-refractivity contribution >= 4 is 27.3 Å². The number of nitrogens with zero attached hydrogens (tertiary/aromatic N) is 3. The van der Waals surface area contributed by atoms with E-state index >= 15 is 0 Å². The summed E-state index contributed by atoms with van der Waals surface area (Å²) in [7, 11) is 0. The Morgan fingerprint density at radius 3 is 2.60 bits per heavy atom. The van der Waals surface area contributed by atoms with Crippen molar-refractivity contribution in [1.82, 2.24) is 15.0 Å². The highest BCUT2D eigenvalue weighted by Crippen LogP contribution is 2.35. The van der Waals surface area contributed by atoms with Gasteiger partial charge in [0.15, 0.2) is 0 Å². The fourth-order valence-corrected chi connectivity index (χ4v) is 3.35. The summed E-state index contributed by atoms with van der Waals surface area (Å²) in [4.78, 5) is 14.5. The molecule has 0 atom stereocenters. The maximum absolute atomic E-state index is 4.75. The molecule has 0 saturated heterocycles. The standard InChI is InChI=1S/C15H12BrN3S/c1-9-14(11-5-3-4-6-12(11)16)19-15(20-9)13-7-8-17-10(2)18-13/h3-8H,1-2H3. The van der Waals surface area contributed by atoms with Crippen LogP contribution in [0.15, 0.2) is 41.0 Å². The van der Waals surface area contributed by atoms with Crippen molar-refractivity contribution in [2.24, 2.45) is 0 Å². The van der Waals surface area contributed by atoms with Crippen molar-refractivity contribution in [1.29, 1.82) is 0 Å². The number of benzene rings is 1. The molecular weight excluding hydrogens is 334 g/mol. The highest BCUT2D eigenvalue weighted by molar-refractivity contribution is 9.10. The van der Waals surface area contributed by atoms with Crippen LogP contribution in [0.3, 0.4) is 0 Å². The third-order valence-electron chi connectivity index (χ3n) is 2.92. The Kier molecular flexibility index (Phi) is 3.63. The van der Waals surface area contributed by atoms with Crippen LogP contribution in [0.2, 0.25) is 0 Å². The molecule has 3 aromatic rings. The average Bonchev–Trinajstić information content (AvgIpc) is 2.81. The third-order valence-corrected chi connectivity index (χ3v) is 4.61. The monoisotopic (exact) mass is 345 g/mol. The molecule has 5 heteroatoms. The Labute approximate surface area is 129 Å². The van der Waals surface area contributed by atoms with Crippen LogP contribution in [0.1, 0.15) is 10.7 Å². The van der Waals surface area contributed by atoms with Gasteiger partial charge in [-0.1, -0.05) is 34.1 Å². The van der Waals surface area contributed by atoms with E-state index in [0.29, 0.717) is 0 Å². The molecule has 3 nitrogen and oxygen atoms in total. The maximum atomic E-state index is 4.75. The molecule has 0 aliphatic rings. The largest absolute Gasteiger partial charge is 0.242 e. The zero-order chi connectivity index (χ0) is 14.1. The Balaban J connectivity index is 2.10. The fourth-order valence-electron chi connectivity index (χ4n) is 1.98. The van der Waals surface area contributed by atoms with Crippen LogP contribution >= 0.6 is 27.3 Å². The summed E-state index contributed by atoms with van der Waals surface area (Å²) < 4.78 is 1.05. The lowest BCUT2D eigenvalue weighted by atomic mass is 10.1. The van der Waals surface area contributed by atoms with Gasteiger partial charge in [-0.25, -0.2) is 15.0 Å². The molecular formula is C15H12BrN3S. The van der Waals surface area contributed by atoms with Crippen LogP contribution in [0.5, 0.6) is 0 Å². The number of aryl methyl sites for hydroxylation is 2. The normalized spacial score (nSPS) is 10.8. The van der Waals surface area contributed by atoms with Gasteiger partial charge >= 0.3 is 0 Å². The lowest BCUT2D eigenvalue weighted by Gasteiger charge is -2.01.